The Morgan fingerprint density at radius 1 is 0.844 bits per heavy atom. The number of carbonyl (C=O) groups excluding carboxylic acids is 1. The van der Waals surface area contributed by atoms with E-state index in [0.717, 1.165) is 37.9 Å². The molecule has 0 saturated carbocycles. The molecule has 5 rings (SSSR count). The molecule has 0 aliphatic carbocycles. The molecular formula is C27H19FN2OS. The molecule has 1 heterocycles. The Balaban J connectivity index is 1.51. The zero-order chi connectivity index (χ0) is 21.9. The van der Waals surface area contributed by atoms with E-state index in [2.05, 4.69) is 11.4 Å². The number of amides is 1. The number of hydrogen-bond donors (Lipinski definition) is 1. The van der Waals surface area contributed by atoms with Crippen LogP contribution >= 0.6 is 11.8 Å². The first-order valence-corrected chi connectivity index (χ1v) is 11.1. The minimum absolute atomic E-state index is 0.151. The molecule has 156 valence electrons. The maximum absolute atomic E-state index is 13.5. The molecule has 1 N–H and O–H groups in total. The van der Waals surface area contributed by atoms with Gasteiger partial charge in [0.05, 0.1) is 11.4 Å². The summed E-state index contributed by atoms with van der Waals surface area (Å²) in [6, 6.07) is 29.7. The Labute approximate surface area is 190 Å². The Bertz CT molecular complexity index is 1320. The lowest BCUT2D eigenvalue weighted by atomic mass is 10.0. The molecule has 0 aromatic heterocycles. The minimum atomic E-state index is -0.289. The van der Waals surface area contributed by atoms with Crippen LogP contribution in [0.25, 0.3) is 0 Å². The monoisotopic (exact) mass is 438 g/mol. The summed E-state index contributed by atoms with van der Waals surface area (Å²) in [5.41, 5.74) is 4.87. The van der Waals surface area contributed by atoms with Crippen molar-refractivity contribution in [2.45, 2.75) is 16.3 Å². The molecular weight excluding hydrogens is 419 g/mol. The number of carbonyl (C=O) groups is 1. The van der Waals surface area contributed by atoms with Crippen LogP contribution in [0.15, 0.2) is 112 Å². The first kappa shape index (κ1) is 20.2. The maximum Gasteiger partial charge on any atom is 0.251 e. The number of nitrogens with zero attached hydrogens (tertiary/aromatic N) is 1. The number of nitrogens with one attached hydrogen (secondary N) is 1. The van der Waals surface area contributed by atoms with Crippen LogP contribution in [0.2, 0.25) is 0 Å². The smallest absolute Gasteiger partial charge is 0.251 e. The molecule has 1 aliphatic rings. The van der Waals surface area contributed by atoms with Gasteiger partial charge in [-0.05, 0) is 54.1 Å². The van der Waals surface area contributed by atoms with Crippen molar-refractivity contribution >= 4 is 29.1 Å². The van der Waals surface area contributed by atoms with Crippen LogP contribution in [0, 0.1) is 5.82 Å². The number of halogens is 1. The molecule has 0 radical (unpaired) electrons. The Morgan fingerprint density at radius 3 is 2.41 bits per heavy atom. The molecule has 4 aromatic carbocycles. The van der Waals surface area contributed by atoms with Crippen LogP contribution in [0.1, 0.15) is 27.0 Å². The summed E-state index contributed by atoms with van der Waals surface area (Å²) in [5.74, 6) is -0.439. The van der Waals surface area contributed by atoms with Gasteiger partial charge in [-0.25, -0.2) is 9.38 Å². The highest BCUT2D eigenvalue weighted by atomic mass is 32.2. The standard InChI is InChI=1S/C27H19FN2OS/c28-21-13-10-19(11-14-21)26-22-8-4-5-9-24(22)32-25-15-12-20(16-23(25)30-26)27(31)29-17-18-6-2-1-3-7-18/h1-16H,17H2,(H,29,31). The van der Waals surface area contributed by atoms with E-state index in [1.807, 2.05) is 66.7 Å². The molecule has 0 spiro atoms. The van der Waals surface area contributed by atoms with E-state index >= 15 is 0 Å². The van der Waals surface area contributed by atoms with Crippen molar-refractivity contribution in [3.8, 4) is 0 Å². The maximum atomic E-state index is 13.5. The fraction of sp³-hybridized carbons (Fsp3) is 0.0370. The van der Waals surface area contributed by atoms with Crippen molar-refractivity contribution in [2.75, 3.05) is 0 Å². The molecule has 0 atom stereocenters. The summed E-state index contributed by atoms with van der Waals surface area (Å²) in [7, 11) is 0. The van der Waals surface area contributed by atoms with Crippen LogP contribution in [0.5, 0.6) is 0 Å². The molecule has 32 heavy (non-hydrogen) atoms. The fourth-order valence-corrected chi connectivity index (χ4v) is 4.59. The van der Waals surface area contributed by atoms with Crippen molar-refractivity contribution in [3.05, 3.63) is 125 Å². The zero-order valence-corrected chi connectivity index (χ0v) is 17.9. The second kappa shape index (κ2) is 8.81. The van der Waals surface area contributed by atoms with Crippen LogP contribution in [-0.2, 0) is 6.54 Å². The lowest BCUT2D eigenvalue weighted by Gasteiger charge is -2.09. The number of rotatable bonds is 4. The van der Waals surface area contributed by atoms with Crippen molar-refractivity contribution in [1.29, 1.82) is 0 Å². The summed E-state index contributed by atoms with van der Waals surface area (Å²) < 4.78 is 13.5. The fourth-order valence-electron chi connectivity index (χ4n) is 3.59. The molecule has 3 nitrogen and oxygen atoms in total. The van der Waals surface area contributed by atoms with E-state index in [0.29, 0.717) is 12.1 Å². The van der Waals surface area contributed by atoms with E-state index in [1.165, 1.54) is 12.1 Å². The van der Waals surface area contributed by atoms with Gasteiger partial charge < -0.3 is 5.32 Å². The molecule has 1 amide bonds. The second-order valence-electron chi connectivity index (χ2n) is 7.42. The normalized spacial score (nSPS) is 12.2. The van der Waals surface area contributed by atoms with Gasteiger partial charge in [-0.3, -0.25) is 4.79 Å². The van der Waals surface area contributed by atoms with Gasteiger partial charge in [0.15, 0.2) is 0 Å². The first-order valence-electron chi connectivity index (χ1n) is 10.3. The third-order valence-electron chi connectivity index (χ3n) is 5.23. The van der Waals surface area contributed by atoms with E-state index in [4.69, 9.17) is 4.99 Å². The largest absolute Gasteiger partial charge is 0.348 e. The SMILES string of the molecule is O=C(NCc1ccccc1)c1ccc2c(c1)N=C(c1ccc(F)cc1)c1ccccc1S2. The average Bonchev–Trinajstić information content (AvgIpc) is 3.00. The molecule has 5 heteroatoms. The molecule has 0 fully saturated rings. The predicted molar refractivity (Wildman–Crippen MR) is 126 cm³/mol. The van der Waals surface area contributed by atoms with Crippen LogP contribution in [-0.4, -0.2) is 11.6 Å². The molecule has 1 aliphatic heterocycles. The Morgan fingerprint density at radius 2 is 1.59 bits per heavy atom. The third-order valence-corrected chi connectivity index (χ3v) is 6.37. The summed E-state index contributed by atoms with van der Waals surface area (Å²) >= 11 is 1.62. The van der Waals surface area contributed by atoms with Gasteiger partial charge in [0.1, 0.15) is 5.82 Å². The Hall–Kier alpha value is -3.70. The highest BCUT2D eigenvalue weighted by Crippen LogP contribution is 2.41. The minimum Gasteiger partial charge on any atom is -0.348 e. The van der Waals surface area contributed by atoms with Crippen molar-refractivity contribution in [2.24, 2.45) is 4.99 Å². The first-order chi connectivity index (χ1) is 15.7. The summed E-state index contributed by atoms with van der Waals surface area (Å²) in [4.78, 5) is 19.8. The summed E-state index contributed by atoms with van der Waals surface area (Å²) in [6.07, 6.45) is 0. The van der Waals surface area contributed by atoms with Gasteiger partial charge in [0.2, 0.25) is 0 Å². The van der Waals surface area contributed by atoms with Gasteiger partial charge in [-0.1, -0.05) is 60.3 Å². The average molecular weight is 439 g/mol. The lowest BCUT2D eigenvalue weighted by molar-refractivity contribution is 0.0951. The molecule has 4 aromatic rings. The summed E-state index contributed by atoms with van der Waals surface area (Å²) in [6.45, 7) is 0.459. The lowest BCUT2D eigenvalue weighted by Crippen LogP contribution is -2.22. The number of hydrogen-bond acceptors (Lipinski definition) is 3. The number of fused-ring (bicyclic) bond motifs is 2. The van der Waals surface area contributed by atoms with Gasteiger partial charge in [0.25, 0.3) is 5.91 Å². The van der Waals surface area contributed by atoms with E-state index in [9.17, 15) is 9.18 Å². The molecule has 0 unspecified atom stereocenters. The topological polar surface area (TPSA) is 41.5 Å². The van der Waals surface area contributed by atoms with E-state index in [-0.39, 0.29) is 11.7 Å². The van der Waals surface area contributed by atoms with Gasteiger partial charge in [-0.2, -0.15) is 0 Å². The highest BCUT2D eigenvalue weighted by Gasteiger charge is 2.20. The van der Waals surface area contributed by atoms with Gasteiger partial charge in [0, 0.05) is 33.0 Å². The van der Waals surface area contributed by atoms with Crippen molar-refractivity contribution in [1.82, 2.24) is 5.32 Å². The van der Waals surface area contributed by atoms with Crippen LogP contribution in [0.4, 0.5) is 10.1 Å². The quantitative estimate of drug-likeness (QED) is 0.353. The second-order valence-corrected chi connectivity index (χ2v) is 8.50. The van der Waals surface area contributed by atoms with Crippen LogP contribution in [0.3, 0.4) is 0 Å². The number of benzene rings is 4. The highest BCUT2D eigenvalue weighted by molar-refractivity contribution is 7.99. The van der Waals surface area contributed by atoms with Gasteiger partial charge in [-0.15, -0.1) is 0 Å². The predicted octanol–water partition coefficient (Wildman–Crippen LogP) is 6.39. The Kier molecular flexibility index (Phi) is 5.57. The van der Waals surface area contributed by atoms with Crippen molar-refractivity contribution in [3.63, 3.8) is 0 Å². The summed E-state index contributed by atoms with van der Waals surface area (Å²) in [5, 5.41) is 2.97. The third kappa shape index (κ3) is 4.20. The van der Waals surface area contributed by atoms with Crippen molar-refractivity contribution < 1.29 is 9.18 Å². The molecule has 0 bridgehead atoms. The zero-order valence-electron chi connectivity index (χ0n) is 17.1. The molecule has 0 saturated heterocycles. The number of aliphatic imine (C=N–C) groups is 1. The van der Waals surface area contributed by atoms with E-state index in [1.54, 1.807) is 23.9 Å². The van der Waals surface area contributed by atoms with E-state index < -0.39 is 0 Å². The van der Waals surface area contributed by atoms with Gasteiger partial charge >= 0.3 is 0 Å². The van der Waals surface area contributed by atoms with Crippen LogP contribution < -0.4 is 5.32 Å².